The summed E-state index contributed by atoms with van der Waals surface area (Å²) in [7, 11) is 0. The molecule has 0 radical (unpaired) electrons. The number of nitrogens with one attached hydrogen (secondary N) is 2. The number of carbonyl (C=O) groups excluding carboxylic acids is 4. The molecule has 38 heavy (non-hydrogen) atoms. The number of ether oxygens (including phenoxy) is 1. The van der Waals surface area contributed by atoms with Gasteiger partial charge in [0.05, 0.1) is 6.42 Å². The van der Waals surface area contributed by atoms with Crippen molar-refractivity contribution in [2.45, 2.75) is 111 Å². The van der Waals surface area contributed by atoms with Crippen LogP contribution in [0.1, 0.15) is 102 Å². The van der Waals surface area contributed by atoms with Gasteiger partial charge in [0.1, 0.15) is 17.7 Å². The Labute approximate surface area is 228 Å². The number of hydrogen-bond donors (Lipinski definition) is 3. The first-order valence-electron chi connectivity index (χ1n) is 13.7. The molecule has 1 aromatic rings. The minimum atomic E-state index is -1.27. The first-order chi connectivity index (χ1) is 17.8. The summed E-state index contributed by atoms with van der Waals surface area (Å²) in [6.45, 7) is 13.9. The second kappa shape index (κ2) is 16.0. The lowest BCUT2D eigenvalue weighted by Gasteiger charge is -2.35. The lowest BCUT2D eigenvalue weighted by molar-refractivity contribution is -0.143. The highest BCUT2D eigenvalue weighted by atomic mass is 16.6. The summed E-state index contributed by atoms with van der Waals surface area (Å²) in [6, 6.07) is 3.54. The van der Waals surface area contributed by atoms with Crippen LogP contribution in [0.5, 0.6) is 0 Å². The molecule has 0 aliphatic carbocycles. The molecule has 0 aliphatic rings. The summed E-state index contributed by atoms with van der Waals surface area (Å²) >= 11 is 0. The van der Waals surface area contributed by atoms with Gasteiger partial charge in [-0.1, -0.05) is 63.3 Å². The van der Waals surface area contributed by atoms with Crippen LogP contribution in [0.2, 0.25) is 0 Å². The van der Waals surface area contributed by atoms with E-state index in [1.54, 1.807) is 20.8 Å². The zero-order valence-corrected chi connectivity index (χ0v) is 24.3. The minimum Gasteiger partial charge on any atom is -0.444 e. The fourth-order valence-corrected chi connectivity index (χ4v) is 4.19. The Bertz CT molecular complexity index is 941. The molecule has 0 aromatic heterocycles. The molecule has 1 rings (SSSR count). The summed E-state index contributed by atoms with van der Waals surface area (Å²) in [6.07, 6.45) is 4.00. The van der Waals surface area contributed by atoms with Gasteiger partial charge >= 0.3 is 6.09 Å². The number of unbranched alkanes of at least 4 members (excludes halogenated alkanes) is 4. The maximum absolute atomic E-state index is 14.0. The van der Waals surface area contributed by atoms with Crippen LogP contribution in [-0.2, 0) is 19.1 Å². The van der Waals surface area contributed by atoms with E-state index in [0.29, 0.717) is 18.5 Å². The lowest BCUT2D eigenvalue weighted by Crippen LogP contribution is -2.54. The van der Waals surface area contributed by atoms with Crippen LogP contribution in [0.25, 0.3) is 0 Å². The maximum Gasteiger partial charge on any atom is 0.408 e. The third kappa shape index (κ3) is 11.5. The molecule has 0 bridgehead atoms. The molecule has 9 heteroatoms. The predicted octanol–water partition coefficient (Wildman–Crippen LogP) is 4.44. The number of nitrogens with zero attached hydrogens (tertiary/aromatic N) is 1. The number of benzene rings is 1. The van der Waals surface area contributed by atoms with Crippen molar-refractivity contribution in [3.8, 4) is 0 Å². The number of aryl methyl sites for hydroxylation is 2. The van der Waals surface area contributed by atoms with E-state index in [4.69, 9.17) is 10.5 Å². The van der Waals surface area contributed by atoms with Gasteiger partial charge in [-0.15, -0.1) is 0 Å². The summed E-state index contributed by atoms with van der Waals surface area (Å²) in [4.78, 5) is 53.7. The molecular weight excluding hydrogens is 484 g/mol. The average molecular weight is 533 g/mol. The van der Waals surface area contributed by atoms with Crippen molar-refractivity contribution >= 4 is 23.8 Å². The van der Waals surface area contributed by atoms with Gasteiger partial charge in [0.2, 0.25) is 17.7 Å². The van der Waals surface area contributed by atoms with Gasteiger partial charge < -0.3 is 26.0 Å². The topological polar surface area (TPSA) is 131 Å². The summed E-state index contributed by atoms with van der Waals surface area (Å²) < 4.78 is 5.33. The highest BCUT2D eigenvalue weighted by molar-refractivity contribution is 5.94. The van der Waals surface area contributed by atoms with Crippen molar-refractivity contribution in [3.05, 3.63) is 34.9 Å². The Morgan fingerprint density at radius 3 is 2.21 bits per heavy atom. The van der Waals surface area contributed by atoms with Crippen molar-refractivity contribution in [3.63, 3.8) is 0 Å². The lowest BCUT2D eigenvalue weighted by atomic mass is 9.95. The Balaban J connectivity index is 3.52. The van der Waals surface area contributed by atoms with Gasteiger partial charge in [-0.3, -0.25) is 14.4 Å². The standard InChI is InChI=1S/C29H48N4O5/c1-8-10-12-13-17-33(27(36)23(19-24(30)34)32-28(37)38-29(5,6)7)25(26(35)31-16-11-9-2)22-15-14-20(3)18-21(22)4/h14-15,18,23,25H,8-13,16-17,19H2,1-7H3,(H2,30,34)(H,31,35)(H,32,37). The third-order valence-electron chi connectivity index (χ3n) is 6.04. The third-order valence-corrected chi connectivity index (χ3v) is 6.04. The smallest absolute Gasteiger partial charge is 0.408 e. The number of nitrogens with two attached hydrogens (primary N) is 1. The molecular formula is C29H48N4O5. The van der Waals surface area contributed by atoms with Crippen LogP contribution in [0.3, 0.4) is 0 Å². The van der Waals surface area contributed by atoms with Crippen molar-refractivity contribution in [1.29, 1.82) is 0 Å². The second-order valence-electron chi connectivity index (χ2n) is 10.9. The Kier molecular flexibility index (Phi) is 13.9. The minimum absolute atomic E-state index is 0.281. The van der Waals surface area contributed by atoms with Crippen LogP contribution in [0.4, 0.5) is 4.79 Å². The molecule has 1 aromatic carbocycles. The van der Waals surface area contributed by atoms with Crippen molar-refractivity contribution in [2.75, 3.05) is 13.1 Å². The number of carbonyl (C=O) groups is 4. The fourth-order valence-electron chi connectivity index (χ4n) is 4.19. The number of amides is 4. The van der Waals surface area contributed by atoms with Crippen molar-refractivity contribution in [2.24, 2.45) is 5.73 Å². The molecule has 4 amide bonds. The molecule has 0 aliphatic heterocycles. The van der Waals surface area contributed by atoms with E-state index in [0.717, 1.165) is 43.2 Å². The van der Waals surface area contributed by atoms with E-state index < -0.39 is 42.0 Å². The first kappa shape index (κ1) is 32.9. The van der Waals surface area contributed by atoms with Gasteiger partial charge in [0.15, 0.2) is 0 Å². The SMILES string of the molecule is CCCCCCN(C(=O)C(CC(N)=O)NC(=O)OC(C)(C)C)C(C(=O)NCCCC)c1ccc(C)cc1C. The monoisotopic (exact) mass is 532 g/mol. The molecule has 0 spiro atoms. The van der Waals surface area contributed by atoms with Gasteiger partial charge in [-0.05, 0) is 58.6 Å². The molecule has 0 heterocycles. The summed E-state index contributed by atoms with van der Waals surface area (Å²) in [5, 5.41) is 5.50. The fraction of sp³-hybridized carbons (Fsp3) is 0.655. The van der Waals surface area contributed by atoms with Gasteiger partial charge in [0, 0.05) is 13.1 Å². The highest BCUT2D eigenvalue weighted by Crippen LogP contribution is 2.27. The summed E-state index contributed by atoms with van der Waals surface area (Å²) in [5.74, 6) is -1.60. The van der Waals surface area contributed by atoms with E-state index in [1.807, 2.05) is 39.0 Å². The summed E-state index contributed by atoms with van der Waals surface area (Å²) in [5.41, 5.74) is 7.27. The first-order valence-corrected chi connectivity index (χ1v) is 13.7. The Morgan fingerprint density at radius 1 is 1.00 bits per heavy atom. The van der Waals surface area contributed by atoms with Crippen LogP contribution in [0, 0.1) is 13.8 Å². The predicted molar refractivity (Wildman–Crippen MR) is 149 cm³/mol. The van der Waals surface area contributed by atoms with E-state index in [9.17, 15) is 19.2 Å². The molecule has 2 atom stereocenters. The molecule has 0 fully saturated rings. The molecule has 2 unspecified atom stereocenters. The van der Waals surface area contributed by atoms with E-state index >= 15 is 0 Å². The Morgan fingerprint density at radius 2 is 1.66 bits per heavy atom. The molecule has 0 saturated carbocycles. The molecule has 4 N–H and O–H groups in total. The quantitative estimate of drug-likeness (QED) is 0.288. The zero-order valence-electron chi connectivity index (χ0n) is 24.3. The van der Waals surface area contributed by atoms with Crippen molar-refractivity contribution < 1.29 is 23.9 Å². The largest absolute Gasteiger partial charge is 0.444 e. The van der Waals surface area contributed by atoms with E-state index in [-0.39, 0.29) is 12.5 Å². The highest BCUT2D eigenvalue weighted by Gasteiger charge is 2.37. The van der Waals surface area contributed by atoms with Crippen LogP contribution >= 0.6 is 0 Å². The number of alkyl carbamates (subject to hydrolysis) is 1. The maximum atomic E-state index is 14.0. The van der Waals surface area contributed by atoms with Gasteiger partial charge in [-0.25, -0.2) is 4.79 Å². The number of rotatable bonds is 15. The number of primary amides is 1. The Hall–Kier alpha value is -3.10. The van der Waals surface area contributed by atoms with E-state index in [2.05, 4.69) is 17.6 Å². The van der Waals surface area contributed by atoms with E-state index in [1.165, 1.54) is 4.90 Å². The van der Waals surface area contributed by atoms with Gasteiger partial charge in [0.25, 0.3) is 0 Å². The number of hydrogen-bond acceptors (Lipinski definition) is 5. The van der Waals surface area contributed by atoms with Crippen LogP contribution in [-0.4, -0.2) is 53.4 Å². The average Bonchev–Trinajstić information content (AvgIpc) is 2.79. The molecule has 214 valence electrons. The zero-order chi connectivity index (χ0) is 28.9. The van der Waals surface area contributed by atoms with Crippen molar-refractivity contribution in [1.82, 2.24) is 15.5 Å². The van der Waals surface area contributed by atoms with Gasteiger partial charge in [-0.2, -0.15) is 0 Å². The second-order valence-corrected chi connectivity index (χ2v) is 10.9. The molecule has 0 saturated heterocycles. The van der Waals surface area contributed by atoms with Crippen LogP contribution in [0.15, 0.2) is 18.2 Å². The normalized spacial score (nSPS) is 12.8. The van der Waals surface area contributed by atoms with Crippen LogP contribution < -0.4 is 16.4 Å². The molecule has 9 nitrogen and oxygen atoms in total.